The highest BCUT2D eigenvalue weighted by Gasteiger charge is 2.26. The maximum absolute atomic E-state index is 12.0. The molecule has 0 unspecified atom stereocenters. The van der Waals surface area contributed by atoms with Crippen LogP contribution in [0.4, 0.5) is 0 Å². The summed E-state index contributed by atoms with van der Waals surface area (Å²) in [6, 6.07) is 10.6. The van der Waals surface area contributed by atoms with Gasteiger partial charge in [0.15, 0.2) is 0 Å². The quantitative estimate of drug-likeness (QED) is 0.198. The number of hydrogen-bond acceptors (Lipinski definition) is 8. The second kappa shape index (κ2) is 15.7. The zero-order valence-corrected chi connectivity index (χ0v) is 21.1. The molecule has 0 atom stereocenters. The highest BCUT2D eigenvalue weighted by atomic mass is 16.5. The molecule has 0 saturated carbocycles. The molecule has 1 radical (unpaired) electrons. The van der Waals surface area contributed by atoms with Gasteiger partial charge in [0.1, 0.15) is 12.1 Å². The van der Waals surface area contributed by atoms with Gasteiger partial charge in [0, 0.05) is 37.1 Å². The van der Waals surface area contributed by atoms with Crippen LogP contribution in [0, 0.1) is 0 Å². The van der Waals surface area contributed by atoms with Crippen LogP contribution in [0.15, 0.2) is 36.4 Å². The Balaban J connectivity index is 0.000000287. The van der Waals surface area contributed by atoms with Crippen LogP contribution in [-0.4, -0.2) is 63.6 Å². The molecule has 2 aliphatic rings. The summed E-state index contributed by atoms with van der Waals surface area (Å²) < 4.78 is 10.2. The molecule has 4 rings (SSSR count). The average Bonchev–Trinajstić information content (AvgIpc) is 3.53. The van der Waals surface area contributed by atoms with E-state index < -0.39 is 7.12 Å². The van der Waals surface area contributed by atoms with Gasteiger partial charge in [-0.1, -0.05) is 30.3 Å². The number of rotatable bonds is 9. The van der Waals surface area contributed by atoms with Crippen molar-refractivity contribution in [1.82, 2.24) is 10.6 Å². The minimum atomic E-state index is -0.861. The lowest BCUT2D eigenvalue weighted by Gasteiger charge is -2.07. The number of nitrogens with one attached hydrogen (secondary N) is 2. The zero-order valence-electron chi connectivity index (χ0n) is 21.1. The molecule has 0 spiro atoms. The van der Waals surface area contributed by atoms with Crippen LogP contribution >= 0.6 is 0 Å². The fourth-order valence-corrected chi connectivity index (χ4v) is 3.52. The summed E-state index contributed by atoms with van der Waals surface area (Å²) in [4.78, 5) is 44.7. The highest BCUT2D eigenvalue weighted by Crippen LogP contribution is 2.10. The standard InChI is InChI=1S/C16H20BN2O4.C8H7BO3.CH5N/c1-11(20)6-8-18-15(21)3-2-7-19-16(22)12-4-5-13-10-23-17-14(13)9-12;10-4-6-1-2-7-5-12-9(11)8(7)3-6;1-2/h4-5,9H,2-3,6-8,10H2,1H3,(H,18,21)(H,19,22);1-4,11H,5H2;2H2,1H3. The number of carbonyl (C=O) groups is 4. The third-order valence-corrected chi connectivity index (χ3v) is 5.49. The molecule has 2 aromatic rings. The third kappa shape index (κ3) is 9.58. The normalized spacial score (nSPS) is 12.5. The summed E-state index contributed by atoms with van der Waals surface area (Å²) in [5.41, 5.74) is 9.31. The molecule has 0 bridgehead atoms. The summed E-state index contributed by atoms with van der Waals surface area (Å²) in [5.74, 6) is -0.218. The summed E-state index contributed by atoms with van der Waals surface area (Å²) in [6.07, 6.45) is 1.98. The van der Waals surface area contributed by atoms with Gasteiger partial charge in [-0.3, -0.25) is 19.2 Å². The number of Topliss-reactive ketones (excluding diaryl/α,β-unsaturated/α-hetero) is 1. The average molecular weight is 508 g/mol. The maximum Gasteiger partial charge on any atom is 0.491 e. The van der Waals surface area contributed by atoms with Gasteiger partial charge in [0.25, 0.3) is 5.91 Å². The van der Waals surface area contributed by atoms with Crippen molar-refractivity contribution in [3.8, 4) is 0 Å². The molecule has 0 saturated heterocycles. The Morgan fingerprint density at radius 2 is 1.81 bits per heavy atom. The molecule has 2 aliphatic heterocycles. The van der Waals surface area contributed by atoms with E-state index in [1.165, 1.54) is 14.0 Å². The number of fused-ring (bicyclic) bond motifs is 2. The smallest absolute Gasteiger partial charge is 0.430 e. The van der Waals surface area contributed by atoms with Crippen molar-refractivity contribution in [2.75, 3.05) is 20.1 Å². The molecule has 10 nitrogen and oxygen atoms in total. The molecule has 12 heteroatoms. The van der Waals surface area contributed by atoms with E-state index in [-0.39, 0.29) is 17.6 Å². The van der Waals surface area contributed by atoms with Crippen molar-refractivity contribution in [2.45, 2.75) is 39.4 Å². The van der Waals surface area contributed by atoms with Crippen molar-refractivity contribution < 1.29 is 33.5 Å². The molecule has 0 fully saturated rings. The van der Waals surface area contributed by atoms with Gasteiger partial charge in [-0.25, -0.2) is 0 Å². The number of benzene rings is 2. The summed E-state index contributed by atoms with van der Waals surface area (Å²) in [5, 5.41) is 14.7. The first-order valence-electron chi connectivity index (χ1n) is 11.9. The number of carbonyl (C=O) groups excluding carboxylic acids is 4. The van der Waals surface area contributed by atoms with Crippen molar-refractivity contribution in [3.05, 3.63) is 58.7 Å². The first-order valence-corrected chi connectivity index (χ1v) is 11.9. The predicted octanol–water partition coefficient (Wildman–Crippen LogP) is -0.642. The molecule has 195 valence electrons. The molecule has 0 aromatic heterocycles. The Morgan fingerprint density at radius 1 is 1.05 bits per heavy atom. The van der Waals surface area contributed by atoms with Crippen LogP contribution < -0.4 is 27.3 Å². The van der Waals surface area contributed by atoms with Crippen molar-refractivity contribution >= 4 is 49.4 Å². The van der Waals surface area contributed by atoms with Crippen molar-refractivity contribution in [1.29, 1.82) is 0 Å². The number of ketones is 1. The fourth-order valence-electron chi connectivity index (χ4n) is 3.52. The van der Waals surface area contributed by atoms with E-state index in [0.29, 0.717) is 62.2 Å². The predicted molar refractivity (Wildman–Crippen MR) is 141 cm³/mol. The van der Waals surface area contributed by atoms with Gasteiger partial charge < -0.3 is 30.7 Å². The molecule has 37 heavy (non-hydrogen) atoms. The van der Waals surface area contributed by atoms with E-state index in [1.807, 2.05) is 6.07 Å². The molecular formula is C25H32B2N3O7. The Bertz CT molecular complexity index is 1100. The zero-order chi connectivity index (χ0) is 27.2. The van der Waals surface area contributed by atoms with Gasteiger partial charge >= 0.3 is 14.6 Å². The number of hydrogen-bond donors (Lipinski definition) is 4. The van der Waals surface area contributed by atoms with Gasteiger partial charge in [0.05, 0.1) is 13.2 Å². The van der Waals surface area contributed by atoms with E-state index in [9.17, 15) is 24.2 Å². The first-order chi connectivity index (χ1) is 17.9. The first kappa shape index (κ1) is 29.9. The van der Waals surface area contributed by atoms with E-state index in [4.69, 9.17) is 9.31 Å². The SMILES string of the molecule is CC(=O)CCNC(=O)CCCNC(=O)c1ccc2c(c1)[B]OC2.CN.O=Cc1ccc2c(c1)B(O)OC2. The summed E-state index contributed by atoms with van der Waals surface area (Å²) >= 11 is 0. The van der Waals surface area contributed by atoms with Crippen LogP contribution in [0.1, 0.15) is 58.0 Å². The van der Waals surface area contributed by atoms with E-state index in [0.717, 1.165) is 22.9 Å². The molecule has 2 amide bonds. The summed E-state index contributed by atoms with van der Waals surface area (Å²) in [6.45, 7) is 3.26. The fraction of sp³-hybridized carbons (Fsp3) is 0.360. The monoisotopic (exact) mass is 508 g/mol. The molecule has 5 N–H and O–H groups in total. The minimum absolute atomic E-state index is 0.0505. The Morgan fingerprint density at radius 3 is 2.54 bits per heavy atom. The topological polar surface area (TPSA) is 157 Å². The van der Waals surface area contributed by atoms with Gasteiger partial charge in [-0.2, -0.15) is 0 Å². The minimum Gasteiger partial charge on any atom is -0.430 e. The summed E-state index contributed by atoms with van der Waals surface area (Å²) in [7, 11) is 2.29. The number of aldehydes is 1. The van der Waals surface area contributed by atoms with E-state index >= 15 is 0 Å². The van der Waals surface area contributed by atoms with Crippen LogP contribution in [0.5, 0.6) is 0 Å². The highest BCUT2D eigenvalue weighted by molar-refractivity contribution is 6.61. The van der Waals surface area contributed by atoms with E-state index in [2.05, 4.69) is 16.4 Å². The Hall–Kier alpha value is -3.31. The second-order valence-electron chi connectivity index (χ2n) is 8.24. The Labute approximate surface area is 217 Å². The van der Waals surface area contributed by atoms with Crippen LogP contribution in [0.2, 0.25) is 0 Å². The van der Waals surface area contributed by atoms with Gasteiger partial charge in [-0.05, 0) is 48.5 Å². The maximum atomic E-state index is 12.0. The van der Waals surface area contributed by atoms with Gasteiger partial charge in [-0.15, -0.1) is 0 Å². The van der Waals surface area contributed by atoms with E-state index in [1.54, 1.807) is 37.8 Å². The lowest BCUT2D eigenvalue weighted by Crippen LogP contribution is -2.29. The molecular weight excluding hydrogens is 476 g/mol. The number of nitrogens with two attached hydrogens (primary N) is 1. The number of amides is 2. The van der Waals surface area contributed by atoms with Crippen LogP contribution in [0.25, 0.3) is 0 Å². The lowest BCUT2D eigenvalue weighted by atomic mass is 9.79. The van der Waals surface area contributed by atoms with Crippen molar-refractivity contribution in [2.24, 2.45) is 5.73 Å². The Kier molecular flexibility index (Phi) is 12.7. The van der Waals surface area contributed by atoms with Gasteiger partial charge in [0.2, 0.25) is 5.91 Å². The molecule has 2 heterocycles. The largest absolute Gasteiger partial charge is 0.491 e. The molecule has 0 aliphatic carbocycles. The third-order valence-electron chi connectivity index (χ3n) is 5.49. The van der Waals surface area contributed by atoms with Crippen molar-refractivity contribution in [3.63, 3.8) is 0 Å². The molecule has 2 aromatic carbocycles. The van der Waals surface area contributed by atoms with Crippen LogP contribution in [-0.2, 0) is 32.1 Å². The second-order valence-corrected chi connectivity index (χ2v) is 8.24. The van der Waals surface area contributed by atoms with Crippen LogP contribution in [0.3, 0.4) is 0 Å². The lowest BCUT2D eigenvalue weighted by molar-refractivity contribution is -0.121.